The van der Waals surface area contributed by atoms with Crippen molar-refractivity contribution in [1.82, 2.24) is 0 Å². The van der Waals surface area contributed by atoms with Crippen molar-refractivity contribution in [3.05, 3.63) is 12.2 Å². The van der Waals surface area contributed by atoms with Crippen molar-refractivity contribution in [3.8, 4) is 0 Å². The average molecular weight is 441 g/mol. The number of esters is 1. The summed E-state index contributed by atoms with van der Waals surface area (Å²) in [6.45, 7) is 4.35. The number of rotatable bonds is 19. The van der Waals surface area contributed by atoms with E-state index < -0.39 is 21.3 Å². The third-order valence-corrected chi connectivity index (χ3v) is 5.96. The van der Waals surface area contributed by atoms with Crippen LogP contribution in [0.25, 0.3) is 0 Å². The Hall–Kier alpha value is 0.120. The van der Waals surface area contributed by atoms with Gasteiger partial charge in [-0.3, -0.25) is 4.79 Å². The van der Waals surface area contributed by atoms with E-state index in [1.807, 2.05) is 6.92 Å². The summed E-state index contributed by atoms with van der Waals surface area (Å²) in [6.07, 6.45) is 19.5. The van der Waals surface area contributed by atoms with E-state index in [0.29, 0.717) is 12.8 Å². The van der Waals surface area contributed by atoms with Gasteiger partial charge in [0.15, 0.2) is 0 Å². The van der Waals surface area contributed by atoms with Crippen LogP contribution in [-0.4, -0.2) is 30.8 Å². The van der Waals surface area contributed by atoms with Crippen LogP contribution >= 0.6 is 0 Å². The van der Waals surface area contributed by atoms with E-state index in [0.717, 1.165) is 38.5 Å². The summed E-state index contributed by atoms with van der Waals surface area (Å²) < 4.78 is 38.8. The zero-order valence-corrected chi connectivity index (χ0v) is 21.8. The summed E-state index contributed by atoms with van der Waals surface area (Å²) >= 11 is 0. The Morgan fingerprint density at radius 2 is 1.31 bits per heavy atom. The van der Waals surface area contributed by atoms with Crippen LogP contribution in [-0.2, 0) is 19.6 Å². The first kappa shape index (κ1) is 31.3. The maximum Gasteiger partial charge on any atom is 1.00 e. The van der Waals surface area contributed by atoms with Gasteiger partial charge in [0.2, 0.25) is 0 Å². The minimum atomic E-state index is -4.65. The van der Waals surface area contributed by atoms with E-state index in [1.165, 1.54) is 38.5 Å². The molecule has 0 saturated carbocycles. The number of carbonyl (C=O) groups excluding carboxylic acids is 1. The Morgan fingerprint density at radius 3 is 1.83 bits per heavy atom. The number of carbonyl (C=O) groups is 1. The van der Waals surface area contributed by atoms with Crippen molar-refractivity contribution in [1.29, 1.82) is 0 Å². The number of hydrogen-bond acceptors (Lipinski definition) is 5. The number of unbranched alkanes of at least 4 members (excludes halogenated alkanes) is 11. The topological polar surface area (TPSA) is 83.5 Å². The molecule has 0 N–H and O–H groups in total. The molecule has 0 aliphatic carbocycles. The molecule has 0 fully saturated rings. The summed E-state index contributed by atoms with van der Waals surface area (Å²) in [7, 11) is -4.65. The molecular formula is C22H41NaO5S. The van der Waals surface area contributed by atoms with Gasteiger partial charge in [0.1, 0.15) is 15.4 Å². The van der Waals surface area contributed by atoms with Gasteiger partial charge in [-0.25, -0.2) is 8.42 Å². The molecule has 0 saturated heterocycles. The van der Waals surface area contributed by atoms with Gasteiger partial charge in [-0.2, -0.15) is 0 Å². The molecule has 0 rings (SSSR count). The number of ether oxygens (including phenoxy) is 1. The molecule has 0 aromatic heterocycles. The molecule has 0 spiro atoms. The van der Waals surface area contributed by atoms with Gasteiger partial charge in [-0.1, -0.05) is 83.8 Å². The van der Waals surface area contributed by atoms with Crippen molar-refractivity contribution in [2.45, 2.75) is 115 Å². The summed E-state index contributed by atoms with van der Waals surface area (Å²) in [6, 6.07) is 0. The fourth-order valence-electron chi connectivity index (χ4n) is 3.01. The van der Waals surface area contributed by atoms with E-state index in [1.54, 1.807) is 0 Å². The van der Waals surface area contributed by atoms with Crippen LogP contribution in [0.2, 0.25) is 0 Å². The Labute approximate surface area is 201 Å². The molecule has 7 heteroatoms. The van der Waals surface area contributed by atoms with E-state index in [2.05, 4.69) is 19.1 Å². The van der Waals surface area contributed by atoms with Gasteiger partial charge in [0.25, 0.3) is 0 Å². The molecule has 0 aliphatic rings. The Kier molecular flexibility index (Phi) is 23.1. The van der Waals surface area contributed by atoms with Crippen LogP contribution in [0.3, 0.4) is 0 Å². The Balaban J connectivity index is 0. The van der Waals surface area contributed by atoms with Crippen molar-refractivity contribution < 1.29 is 52.1 Å². The van der Waals surface area contributed by atoms with Crippen LogP contribution in [0.4, 0.5) is 0 Å². The van der Waals surface area contributed by atoms with E-state index in [4.69, 9.17) is 4.74 Å². The zero-order valence-electron chi connectivity index (χ0n) is 19.0. The molecule has 5 nitrogen and oxygen atoms in total. The molecule has 0 aromatic rings. The molecule has 0 aliphatic heterocycles. The predicted octanol–water partition coefficient (Wildman–Crippen LogP) is 2.89. The molecule has 0 radical (unpaired) electrons. The monoisotopic (exact) mass is 440 g/mol. The summed E-state index contributed by atoms with van der Waals surface area (Å²) in [4.78, 5) is 11.8. The molecule has 1 atom stereocenters. The van der Waals surface area contributed by atoms with Gasteiger partial charge < -0.3 is 9.29 Å². The third kappa shape index (κ3) is 19.8. The summed E-state index contributed by atoms with van der Waals surface area (Å²) in [5, 5.41) is -1.55. The largest absolute Gasteiger partial charge is 1.00 e. The Bertz CT molecular complexity index is 505. The summed E-state index contributed by atoms with van der Waals surface area (Å²) in [5.41, 5.74) is 0. The van der Waals surface area contributed by atoms with Gasteiger partial charge in [0, 0.05) is 0 Å². The second-order valence-electron chi connectivity index (χ2n) is 7.52. The molecule has 0 aromatic carbocycles. The molecule has 0 amide bonds. The SMILES string of the molecule is CCCCCCCC/C=C\CCCCCCC(C(=O)OCCCC)S(=O)(=O)[O-].[Na+]. The molecule has 0 bridgehead atoms. The minimum absolute atomic E-state index is 0. The standard InChI is InChI=1S/C22H42O5S.Na/c1-3-5-7-8-9-10-11-12-13-14-15-16-17-18-19-21(28(24,25)26)22(23)27-20-6-4-2;/h12-13,21H,3-11,14-20H2,1-2H3,(H,24,25,26);/q;+1/p-1/b13-12-;. The second-order valence-corrected chi connectivity index (χ2v) is 9.08. The summed E-state index contributed by atoms with van der Waals surface area (Å²) in [5.74, 6) is -0.888. The van der Waals surface area contributed by atoms with E-state index in [-0.39, 0.29) is 42.6 Å². The third-order valence-electron chi connectivity index (χ3n) is 4.83. The van der Waals surface area contributed by atoms with Gasteiger partial charge in [-0.05, 0) is 38.5 Å². The average Bonchev–Trinajstić information content (AvgIpc) is 2.64. The number of allylic oxidation sites excluding steroid dienone is 2. The molecule has 166 valence electrons. The van der Waals surface area contributed by atoms with Gasteiger partial charge in [-0.15, -0.1) is 0 Å². The van der Waals surface area contributed by atoms with Crippen LogP contribution in [0.5, 0.6) is 0 Å². The molecule has 29 heavy (non-hydrogen) atoms. The first-order valence-electron chi connectivity index (χ1n) is 11.2. The second kappa shape index (κ2) is 21.4. The van der Waals surface area contributed by atoms with Gasteiger partial charge in [0.05, 0.1) is 6.61 Å². The van der Waals surface area contributed by atoms with Crippen molar-refractivity contribution in [2.75, 3.05) is 6.61 Å². The fourth-order valence-corrected chi connectivity index (χ4v) is 3.77. The van der Waals surface area contributed by atoms with Crippen LogP contribution in [0, 0.1) is 0 Å². The quantitative estimate of drug-likeness (QED) is 0.101. The Morgan fingerprint density at radius 1 is 0.828 bits per heavy atom. The maximum atomic E-state index is 11.8. The zero-order chi connectivity index (χ0) is 21.1. The number of hydrogen-bond donors (Lipinski definition) is 0. The first-order valence-corrected chi connectivity index (χ1v) is 12.7. The molecular weight excluding hydrogens is 399 g/mol. The van der Waals surface area contributed by atoms with E-state index >= 15 is 0 Å². The molecule has 1 unspecified atom stereocenters. The van der Waals surface area contributed by atoms with Crippen molar-refractivity contribution in [3.63, 3.8) is 0 Å². The first-order chi connectivity index (χ1) is 13.4. The maximum absolute atomic E-state index is 11.8. The van der Waals surface area contributed by atoms with Crippen LogP contribution < -0.4 is 29.6 Å². The van der Waals surface area contributed by atoms with Crippen LogP contribution in [0.15, 0.2) is 12.2 Å². The predicted molar refractivity (Wildman–Crippen MR) is 114 cm³/mol. The minimum Gasteiger partial charge on any atom is -0.747 e. The van der Waals surface area contributed by atoms with Crippen molar-refractivity contribution >= 4 is 16.1 Å². The van der Waals surface area contributed by atoms with Gasteiger partial charge >= 0.3 is 35.5 Å². The molecule has 0 heterocycles. The smallest absolute Gasteiger partial charge is 0.747 e. The normalized spacial score (nSPS) is 12.7. The van der Waals surface area contributed by atoms with Crippen LogP contribution in [0.1, 0.15) is 110 Å². The van der Waals surface area contributed by atoms with Crippen molar-refractivity contribution in [2.24, 2.45) is 0 Å². The fraction of sp³-hybridized carbons (Fsp3) is 0.864. The van der Waals surface area contributed by atoms with E-state index in [9.17, 15) is 17.8 Å².